The zero-order chi connectivity index (χ0) is 16.8. The number of nitriles is 1. The Kier molecular flexibility index (Phi) is 5.64. The molecule has 0 aliphatic heterocycles. The smallest absolute Gasteiger partial charge is 0.267 e. The summed E-state index contributed by atoms with van der Waals surface area (Å²) in [5, 5.41) is 15.5. The standard InChI is InChI=1S/C17H13Cl2N3O/c1-11-2-4-13(5-3-11)22-17(23)12(9-20)10-21-14-6-7-15(18)16(19)8-14/h2-8,10,21H,1H3,(H,22,23)/b12-10-. The fourth-order valence-corrected chi connectivity index (χ4v) is 2.02. The lowest BCUT2D eigenvalue weighted by molar-refractivity contribution is -0.112. The third kappa shape index (κ3) is 4.75. The van der Waals surface area contributed by atoms with Gasteiger partial charge in [0, 0.05) is 17.6 Å². The molecule has 0 atom stereocenters. The first kappa shape index (κ1) is 16.9. The third-order valence-electron chi connectivity index (χ3n) is 2.98. The summed E-state index contributed by atoms with van der Waals surface area (Å²) in [6.07, 6.45) is 1.32. The van der Waals surface area contributed by atoms with Crippen LogP contribution in [-0.2, 0) is 4.79 Å². The Bertz CT molecular complexity index is 792. The summed E-state index contributed by atoms with van der Waals surface area (Å²) >= 11 is 11.7. The molecule has 0 unspecified atom stereocenters. The molecule has 6 heteroatoms. The fourth-order valence-electron chi connectivity index (χ4n) is 1.73. The topological polar surface area (TPSA) is 64.9 Å². The number of aryl methyl sites for hydroxylation is 1. The zero-order valence-electron chi connectivity index (χ0n) is 12.2. The van der Waals surface area contributed by atoms with Crippen molar-refractivity contribution in [3.63, 3.8) is 0 Å². The predicted octanol–water partition coefficient (Wildman–Crippen LogP) is 4.76. The molecule has 0 spiro atoms. The van der Waals surface area contributed by atoms with Crippen LogP contribution in [0.3, 0.4) is 0 Å². The molecular weight excluding hydrogens is 333 g/mol. The Hall–Kier alpha value is -2.48. The van der Waals surface area contributed by atoms with Crippen LogP contribution in [0.15, 0.2) is 54.2 Å². The predicted molar refractivity (Wildman–Crippen MR) is 93.6 cm³/mol. The van der Waals surface area contributed by atoms with Crippen LogP contribution in [0.25, 0.3) is 0 Å². The molecule has 2 N–H and O–H groups in total. The molecule has 0 aliphatic carbocycles. The van der Waals surface area contributed by atoms with Crippen molar-refractivity contribution in [2.24, 2.45) is 0 Å². The number of hydrogen-bond donors (Lipinski definition) is 2. The first-order chi connectivity index (χ1) is 11.0. The second-order valence-corrected chi connectivity index (χ2v) is 5.58. The van der Waals surface area contributed by atoms with Gasteiger partial charge in [0.15, 0.2) is 0 Å². The van der Waals surface area contributed by atoms with Crippen molar-refractivity contribution in [2.45, 2.75) is 6.92 Å². The van der Waals surface area contributed by atoms with Gasteiger partial charge in [-0.15, -0.1) is 0 Å². The van der Waals surface area contributed by atoms with Gasteiger partial charge in [0.05, 0.1) is 10.0 Å². The van der Waals surface area contributed by atoms with Gasteiger partial charge in [-0.2, -0.15) is 5.26 Å². The van der Waals surface area contributed by atoms with E-state index in [4.69, 9.17) is 28.5 Å². The SMILES string of the molecule is Cc1ccc(NC(=O)/C(C#N)=C\Nc2ccc(Cl)c(Cl)c2)cc1. The monoisotopic (exact) mass is 345 g/mol. The van der Waals surface area contributed by atoms with Gasteiger partial charge >= 0.3 is 0 Å². The normalized spacial score (nSPS) is 10.8. The highest BCUT2D eigenvalue weighted by molar-refractivity contribution is 6.42. The number of carbonyl (C=O) groups is 1. The first-order valence-corrected chi connectivity index (χ1v) is 7.45. The lowest BCUT2D eigenvalue weighted by atomic mass is 10.2. The number of benzene rings is 2. The quantitative estimate of drug-likeness (QED) is 0.620. The number of hydrogen-bond acceptors (Lipinski definition) is 3. The summed E-state index contributed by atoms with van der Waals surface area (Å²) in [6.45, 7) is 1.95. The van der Waals surface area contributed by atoms with Gasteiger partial charge in [0.2, 0.25) is 0 Å². The van der Waals surface area contributed by atoms with Crippen molar-refractivity contribution in [2.75, 3.05) is 10.6 Å². The van der Waals surface area contributed by atoms with E-state index in [1.54, 1.807) is 30.3 Å². The van der Waals surface area contributed by atoms with E-state index in [0.717, 1.165) is 5.56 Å². The maximum Gasteiger partial charge on any atom is 0.267 e. The fraction of sp³-hybridized carbons (Fsp3) is 0.0588. The van der Waals surface area contributed by atoms with E-state index >= 15 is 0 Å². The van der Waals surface area contributed by atoms with Crippen LogP contribution < -0.4 is 10.6 Å². The van der Waals surface area contributed by atoms with Gasteiger partial charge in [0.1, 0.15) is 11.6 Å². The summed E-state index contributed by atoms with van der Waals surface area (Å²) in [4.78, 5) is 12.1. The van der Waals surface area contributed by atoms with E-state index in [9.17, 15) is 4.79 Å². The molecule has 0 saturated carbocycles. The van der Waals surface area contributed by atoms with Crippen molar-refractivity contribution in [1.82, 2.24) is 0 Å². The van der Waals surface area contributed by atoms with Gasteiger partial charge in [-0.1, -0.05) is 40.9 Å². The number of nitrogens with one attached hydrogen (secondary N) is 2. The van der Waals surface area contributed by atoms with Crippen LogP contribution in [-0.4, -0.2) is 5.91 Å². The molecule has 0 bridgehead atoms. The number of nitrogens with zero attached hydrogens (tertiary/aromatic N) is 1. The number of amides is 1. The van der Waals surface area contributed by atoms with Crippen LogP contribution in [0.5, 0.6) is 0 Å². The lowest BCUT2D eigenvalue weighted by Gasteiger charge is -2.06. The van der Waals surface area contributed by atoms with Crippen molar-refractivity contribution >= 4 is 40.5 Å². The molecule has 0 aliphatic rings. The average molecular weight is 346 g/mol. The van der Waals surface area contributed by atoms with Crippen LogP contribution in [0.1, 0.15) is 5.56 Å². The van der Waals surface area contributed by atoms with Crippen molar-refractivity contribution in [1.29, 1.82) is 5.26 Å². The Morgan fingerprint density at radius 3 is 2.35 bits per heavy atom. The van der Waals surface area contributed by atoms with Gasteiger partial charge < -0.3 is 10.6 Å². The summed E-state index contributed by atoms with van der Waals surface area (Å²) in [5.41, 5.74) is 2.27. The van der Waals surface area contributed by atoms with Gasteiger partial charge in [-0.05, 0) is 37.3 Å². The van der Waals surface area contributed by atoms with E-state index in [1.807, 2.05) is 25.1 Å². The minimum Gasteiger partial charge on any atom is -0.360 e. The van der Waals surface area contributed by atoms with E-state index in [1.165, 1.54) is 6.20 Å². The third-order valence-corrected chi connectivity index (χ3v) is 3.72. The van der Waals surface area contributed by atoms with E-state index in [-0.39, 0.29) is 5.57 Å². The molecule has 23 heavy (non-hydrogen) atoms. The van der Waals surface area contributed by atoms with Crippen LogP contribution in [0.2, 0.25) is 10.0 Å². The molecule has 116 valence electrons. The average Bonchev–Trinajstić information content (AvgIpc) is 2.53. The minimum absolute atomic E-state index is 0.0587. The number of carbonyl (C=O) groups excluding carboxylic acids is 1. The molecule has 0 saturated heterocycles. The zero-order valence-corrected chi connectivity index (χ0v) is 13.7. The number of rotatable bonds is 4. The lowest BCUT2D eigenvalue weighted by Crippen LogP contribution is -2.14. The molecule has 0 fully saturated rings. The largest absolute Gasteiger partial charge is 0.360 e. The Labute approximate surface area is 144 Å². The number of anilines is 2. The summed E-state index contributed by atoms with van der Waals surface area (Å²) in [6, 6.07) is 14.1. The van der Waals surface area contributed by atoms with Gasteiger partial charge in [0.25, 0.3) is 5.91 Å². The highest BCUT2D eigenvalue weighted by atomic mass is 35.5. The molecule has 2 rings (SSSR count). The molecule has 0 heterocycles. The second-order valence-electron chi connectivity index (χ2n) is 4.76. The maximum absolute atomic E-state index is 12.1. The highest BCUT2D eigenvalue weighted by Gasteiger charge is 2.09. The number of halogens is 2. The van der Waals surface area contributed by atoms with Crippen molar-refractivity contribution in [3.8, 4) is 6.07 Å². The molecule has 4 nitrogen and oxygen atoms in total. The molecule has 0 aromatic heterocycles. The summed E-state index contributed by atoms with van der Waals surface area (Å²) in [7, 11) is 0. The molecule has 0 radical (unpaired) electrons. The molecular formula is C17H13Cl2N3O. The molecule has 2 aromatic rings. The minimum atomic E-state index is -0.496. The molecule has 2 aromatic carbocycles. The van der Waals surface area contributed by atoms with Crippen molar-refractivity contribution < 1.29 is 4.79 Å². The van der Waals surface area contributed by atoms with Gasteiger partial charge in [-0.25, -0.2) is 0 Å². The molecule has 1 amide bonds. The second kappa shape index (κ2) is 7.68. The van der Waals surface area contributed by atoms with Crippen LogP contribution in [0, 0.1) is 18.3 Å². The van der Waals surface area contributed by atoms with Crippen LogP contribution >= 0.6 is 23.2 Å². The highest BCUT2D eigenvalue weighted by Crippen LogP contribution is 2.25. The summed E-state index contributed by atoms with van der Waals surface area (Å²) < 4.78 is 0. The van der Waals surface area contributed by atoms with E-state index < -0.39 is 5.91 Å². The van der Waals surface area contributed by atoms with E-state index in [0.29, 0.717) is 21.4 Å². The first-order valence-electron chi connectivity index (χ1n) is 6.69. The Morgan fingerprint density at radius 2 is 1.74 bits per heavy atom. The van der Waals surface area contributed by atoms with E-state index in [2.05, 4.69) is 10.6 Å². The Balaban J connectivity index is 2.08. The van der Waals surface area contributed by atoms with Crippen LogP contribution in [0.4, 0.5) is 11.4 Å². The van der Waals surface area contributed by atoms with Crippen molar-refractivity contribution in [3.05, 3.63) is 69.8 Å². The Morgan fingerprint density at radius 1 is 1.09 bits per heavy atom. The summed E-state index contributed by atoms with van der Waals surface area (Å²) in [5.74, 6) is -0.496. The maximum atomic E-state index is 12.1. The van der Waals surface area contributed by atoms with Gasteiger partial charge in [-0.3, -0.25) is 4.79 Å².